The Morgan fingerprint density at radius 3 is 0.958 bits per heavy atom. The third-order valence-electron chi connectivity index (χ3n) is 13.7. The number of phosphoric acid groups is 1. The Morgan fingerprint density at radius 1 is 0.375 bits per heavy atom. The molecule has 0 saturated heterocycles. The second-order valence-corrected chi connectivity index (χ2v) is 22.3. The number of carbonyl (C=O) groups excluding carboxylic acids is 3. The van der Waals surface area contributed by atoms with Crippen molar-refractivity contribution in [2.24, 2.45) is 0 Å². The van der Waals surface area contributed by atoms with E-state index in [-0.39, 0.29) is 25.9 Å². The SMILES string of the molecule is CCCCCCCC/C=C\CCCCCCCCCCCC(=O)OC(COC(=O)CCCCCCCCCCC)COP(=O)(O)OCC(CO)OC(=O)CCCCCCCCCCCCCCCCCCC. The van der Waals surface area contributed by atoms with Crippen molar-refractivity contribution in [2.45, 2.75) is 328 Å². The number of aliphatic hydroxyl groups excluding tert-OH is 1. The highest BCUT2D eigenvalue weighted by Gasteiger charge is 2.28. The van der Waals surface area contributed by atoms with Crippen molar-refractivity contribution in [1.29, 1.82) is 0 Å². The maximum absolute atomic E-state index is 12.9. The van der Waals surface area contributed by atoms with Crippen molar-refractivity contribution in [3.63, 3.8) is 0 Å². The van der Waals surface area contributed by atoms with Crippen molar-refractivity contribution < 1.29 is 52.2 Å². The van der Waals surface area contributed by atoms with E-state index in [9.17, 15) is 28.9 Å². The number of rotatable bonds is 58. The topological polar surface area (TPSA) is 155 Å². The van der Waals surface area contributed by atoms with Gasteiger partial charge < -0.3 is 24.2 Å². The number of esters is 3. The summed E-state index contributed by atoms with van der Waals surface area (Å²) in [6.07, 6.45) is 54.6. The van der Waals surface area contributed by atoms with E-state index in [4.69, 9.17) is 23.3 Å². The summed E-state index contributed by atoms with van der Waals surface area (Å²) in [6.45, 7) is 4.69. The van der Waals surface area contributed by atoms with Gasteiger partial charge in [-0.25, -0.2) is 4.57 Å². The molecular weight excluding hydrogens is 928 g/mol. The molecule has 0 heterocycles. The fourth-order valence-electron chi connectivity index (χ4n) is 9.00. The number of hydrogen-bond donors (Lipinski definition) is 2. The first-order valence-corrected chi connectivity index (χ1v) is 32.1. The summed E-state index contributed by atoms with van der Waals surface area (Å²) in [4.78, 5) is 48.5. The van der Waals surface area contributed by atoms with Gasteiger partial charge in [0.05, 0.1) is 19.8 Å². The first-order chi connectivity index (χ1) is 35.2. The van der Waals surface area contributed by atoms with Crippen molar-refractivity contribution in [3.8, 4) is 0 Å². The summed E-state index contributed by atoms with van der Waals surface area (Å²) in [5.41, 5.74) is 0. The zero-order valence-corrected chi connectivity index (χ0v) is 48.1. The Hall–Kier alpha value is -1.78. The monoisotopic (exact) mass is 1040 g/mol. The zero-order chi connectivity index (χ0) is 52.7. The van der Waals surface area contributed by atoms with Gasteiger partial charge in [0.15, 0.2) is 6.10 Å². The molecule has 0 bridgehead atoms. The highest BCUT2D eigenvalue weighted by molar-refractivity contribution is 7.47. The minimum absolute atomic E-state index is 0.172. The number of unbranched alkanes of at least 4 members (excludes halogenated alkanes) is 39. The standard InChI is InChI=1S/C60H115O11P/c1-4-7-10-13-16-19-21-23-25-27-28-30-32-34-36-39-42-45-48-51-60(64)71-57(53-67-58(62)49-46-43-40-37-18-15-12-9-6-3)55-69-72(65,66)68-54-56(52-61)70-59(63)50-47-44-41-38-35-33-31-29-26-24-22-20-17-14-11-8-5-2/h23,25,56-57,61H,4-22,24,26-55H2,1-3H3,(H,65,66)/b25-23-. The summed E-state index contributed by atoms with van der Waals surface area (Å²) in [5, 5.41) is 9.82. The molecule has 0 aromatic carbocycles. The quantitative estimate of drug-likeness (QED) is 0.0197. The van der Waals surface area contributed by atoms with Crippen LogP contribution in [0.1, 0.15) is 316 Å². The largest absolute Gasteiger partial charge is 0.472 e. The van der Waals surface area contributed by atoms with Gasteiger partial charge in [0.1, 0.15) is 12.7 Å². The van der Waals surface area contributed by atoms with Crippen LogP contribution >= 0.6 is 7.82 Å². The van der Waals surface area contributed by atoms with Gasteiger partial charge in [-0.15, -0.1) is 0 Å². The highest BCUT2D eigenvalue weighted by atomic mass is 31.2. The summed E-state index contributed by atoms with van der Waals surface area (Å²) < 4.78 is 39.5. The van der Waals surface area contributed by atoms with E-state index in [2.05, 4.69) is 32.9 Å². The minimum atomic E-state index is -4.74. The molecule has 0 aliphatic rings. The minimum Gasteiger partial charge on any atom is -0.462 e. The van der Waals surface area contributed by atoms with Gasteiger partial charge in [0.25, 0.3) is 0 Å². The molecule has 3 atom stereocenters. The molecule has 12 heteroatoms. The molecule has 0 aliphatic heterocycles. The second-order valence-electron chi connectivity index (χ2n) is 20.9. The normalized spacial score (nSPS) is 13.3. The second kappa shape index (κ2) is 55.5. The number of allylic oxidation sites excluding steroid dienone is 2. The van der Waals surface area contributed by atoms with Crippen LogP contribution in [0.25, 0.3) is 0 Å². The van der Waals surface area contributed by atoms with E-state index >= 15 is 0 Å². The zero-order valence-electron chi connectivity index (χ0n) is 47.2. The molecule has 0 fully saturated rings. The van der Waals surface area contributed by atoms with Crippen molar-refractivity contribution >= 4 is 25.7 Å². The summed E-state index contributed by atoms with van der Waals surface area (Å²) in [5.74, 6) is -1.44. The van der Waals surface area contributed by atoms with Crippen molar-refractivity contribution in [3.05, 3.63) is 12.2 Å². The van der Waals surface area contributed by atoms with Gasteiger partial charge in [0, 0.05) is 19.3 Å². The van der Waals surface area contributed by atoms with Crippen molar-refractivity contribution in [1.82, 2.24) is 0 Å². The lowest BCUT2D eigenvalue weighted by molar-refractivity contribution is -0.161. The van der Waals surface area contributed by atoms with Crippen LogP contribution < -0.4 is 0 Å². The average molecular weight is 1040 g/mol. The van der Waals surface area contributed by atoms with Crippen LogP contribution in [0.15, 0.2) is 12.2 Å². The van der Waals surface area contributed by atoms with E-state index in [0.717, 1.165) is 57.8 Å². The molecule has 0 aromatic rings. The predicted octanol–water partition coefficient (Wildman–Crippen LogP) is 18.0. The Labute approximate surface area is 443 Å². The Balaban J connectivity index is 4.54. The fraction of sp³-hybridized carbons (Fsp3) is 0.917. The molecule has 0 rings (SSSR count). The smallest absolute Gasteiger partial charge is 0.462 e. The van der Waals surface area contributed by atoms with E-state index in [1.807, 2.05) is 0 Å². The maximum Gasteiger partial charge on any atom is 0.472 e. The van der Waals surface area contributed by atoms with Gasteiger partial charge >= 0.3 is 25.7 Å². The van der Waals surface area contributed by atoms with Crippen LogP contribution in [0.4, 0.5) is 0 Å². The third kappa shape index (κ3) is 53.1. The molecule has 426 valence electrons. The predicted molar refractivity (Wildman–Crippen MR) is 298 cm³/mol. The highest BCUT2D eigenvalue weighted by Crippen LogP contribution is 2.43. The van der Waals surface area contributed by atoms with Crippen LogP contribution in [-0.4, -0.2) is 66.5 Å². The Bertz CT molecular complexity index is 1260. The Morgan fingerprint density at radius 2 is 0.639 bits per heavy atom. The van der Waals surface area contributed by atoms with Gasteiger partial charge in [-0.3, -0.25) is 23.4 Å². The molecule has 2 N–H and O–H groups in total. The molecule has 0 spiro atoms. The number of ether oxygens (including phenoxy) is 3. The molecule has 3 unspecified atom stereocenters. The molecule has 0 radical (unpaired) electrons. The number of aliphatic hydroxyl groups is 1. The molecule has 72 heavy (non-hydrogen) atoms. The lowest BCUT2D eigenvalue weighted by Gasteiger charge is -2.21. The van der Waals surface area contributed by atoms with E-state index < -0.39 is 57.8 Å². The van der Waals surface area contributed by atoms with Crippen LogP contribution in [0, 0.1) is 0 Å². The molecule has 0 saturated carbocycles. The van der Waals surface area contributed by atoms with Gasteiger partial charge in [0.2, 0.25) is 0 Å². The summed E-state index contributed by atoms with van der Waals surface area (Å²) in [7, 11) is -4.74. The fourth-order valence-corrected chi connectivity index (χ4v) is 9.78. The van der Waals surface area contributed by atoms with Crippen LogP contribution in [-0.2, 0) is 42.2 Å². The van der Waals surface area contributed by atoms with E-state index in [0.29, 0.717) is 19.3 Å². The molecule has 11 nitrogen and oxygen atoms in total. The first-order valence-electron chi connectivity index (χ1n) is 30.6. The van der Waals surface area contributed by atoms with Crippen LogP contribution in [0.2, 0.25) is 0 Å². The lowest BCUT2D eigenvalue weighted by Crippen LogP contribution is -2.30. The van der Waals surface area contributed by atoms with E-state index in [1.165, 1.54) is 199 Å². The number of carbonyl (C=O) groups is 3. The molecule has 0 amide bonds. The average Bonchev–Trinajstić information content (AvgIpc) is 3.37. The van der Waals surface area contributed by atoms with Crippen LogP contribution in [0.3, 0.4) is 0 Å². The maximum atomic E-state index is 12.9. The lowest BCUT2D eigenvalue weighted by atomic mass is 10.0. The molecule has 0 aliphatic carbocycles. The first kappa shape index (κ1) is 70.2. The van der Waals surface area contributed by atoms with Gasteiger partial charge in [-0.2, -0.15) is 0 Å². The van der Waals surface area contributed by atoms with Crippen LogP contribution in [0.5, 0.6) is 0 Å². The molecular formula is C60H115O11P. The third-order valence-corrected chi connectivity index (χ3v) is 14.6. The molecule has 0 aromatic heterocycles. The van der Waals surface area contributed by atoms with Gasteiger partial charge in [-0.1, -0.05) is 264 Å². The Kier molecular flexibility index (Phi) is 54.1. The van der Waals surface area contributed by atoms with Gasteiger partial charge in [-0.05, 0) is 44.9 Å². The number of hydrogen-bond acceptors (Lipinski definition) is 10. The van der Waals surface area contributed by atoms with Crippen molar-refractivity contribution in [2.75, 3.05) is 26.4 Å². The summed E-state index contributed by atoms with van der Waals surface area (Å²) >= 11 is 0. The number of phosphoric ester groups is 1. The summed E-state index contributed by atoms with van der Waals surface area (Å²) in [6, 6.07) is 0. The van der Waals surface area contributed by atoms with E-state index in [1.54, 1.807) is 0 Å².